The first-order valence-electron chi connectivity index (χ1n) is 4.11. The van der Waals surface area contributed by atoms with Crippen LogP contribution in [-0.2, 0) is 4.79 Å². The van der Waals surface area contributed by atoms with Crippen molar-refractivity contribution in [2.45, 2.75) is 26.3 Å². The highest BCUT2D eigenvalue weighted by Gasteiger charge is 2.03. The molecule has 0 amide bonds. The van der Waals surface area contributed by atoms with Crippen molar-refractivity contribution >= 4 is 5.97 Å². The predicted molar refractivity (Wildman–Crippen MR) is 48.8 cm³/mol. The molecule has 0 aliphatic carbocycles. The zero-order valence-corrected chi connectivity index (χ0v) is 7.90. The van der Waals surface area contributed by atoms with Gasteiger partial charge in [0, 0.05) is 24.9 Å². The number of rotatable bonds is 5. The van der Waals surface area contributed by atoms with E-state index >= 15 is 0 Å². The fraction of sp³-hybridized carbons (Fsp3) is 0.556. The maximum atomic E-state index is 10.2. The van der Waals surface area contributed by atoms with Gasteiger partial charge < -0.3 is 10.0 Å². The molecule has 13 heavy (non-hydrogen) atoms. The minimum atomic E-state index is -0.970. The number of nitriles is 1. The molecule has 0 saturated carbocycles. The van der Waals surface area contributed by atoms with E-state index in [1.807, 2.05) is 24.8 Å². The highest BCUT2D eigenvalue weighted by Crippen LogP contribution is 2.00. The Morgan fingerprint density at radius 3 is 2.69 bits per heavy atom. The number of carbonyl (C=O) groups is 1. The molecule has 0 unspecified atom stereocenters. The van der Waals surface area contributed by atoms with Crippen LogP contribution in [0, 0.1) is 11.3 Å². The maximum Gasteiger partial charge on any atom is 0.329 e. The molecule has 0 aliphatic rings. The number of hydrogen-bond acceptors (Lipinski definition) is 3. The Labute approximate surface area is 78.1 Å². The average molecular weight is 182 g/mol. The first-order valence-corrected chi connectivity index (χ1v) is 4.11. The highest BCUT2D eigenvalue weighted by atomic mass is 16.4. The van der Waals surface area contributed by atoms with Gasteiger partial charge in [-0.15, -0.1) is 0 Å². The zero-order valence-electron chi connectivity index (χ0n) is 7.90. The lowest BCUT2D eigenvalue weighted by molar-refractivity contribution is -0.131. The van der Waals surface area contributed by atoms with E-state index < -0.39 is 5.97 Å². The minimum Gasteiger partial charge on any atom is -0.478 e. The molecule has 0 aliphatic heterocycles. The van der Waals surface area contributed by atoms with Crippen molar-refractivity contribution in [1.29, 1.82) is 5.26 Å². The van der Waals surface area contributed by atoms with Crippen LogP contribution in [0.3, 0.4) is 0 Å². The molecule has 0 aromatic heterocycles. The van der Waals surface area contributed by atoms with Crippen molar-refractivity contribution in [2.75, 3.05) is 6.54 Å². The molecule has 4 nitrogen and oxygen atoms in total. The first kappa shape index (κ1) is 11.5. The Bertz CT molecular complexity index is 228. The van der Waals surface area contributed by atoms with Crippen molar-refractivity contribution in [3.63, 3.8) is 0 Å². The number of carboxylic acids is 1. The molecule has 0 radical (unpaired) electrons. The topological polar surface area (TPSA) is 64.3 Å². The van der Waals surface area contributed by atoms with Crippen molar-refractivity contribution in [2.24, 2.45) is 0 Å². The Hall–Kier alpha value is -1.50. The third-order valence-electron chi connectivity index (χ3n) is 1.55. The van der Waals surface area contributed by atoms with Gasteiger partial charge in [0.15, 0.2) is 0 Å². The molecule has 0 bridgehead atoms. The zero-order chi connectivity index (χ0) is 10.3. The van der Waals surface area contributed by atoms with E-state index in [-0.39, 0.29) is 6.04 Å². The first-order chi connectivity index (χ1) is 6.07. The molecule has 0 rings (SSSR count). The summed E-state index contributed by atoms with van der Waals surface area (Å²) in [5.74, 6) is -0.970. The predicted octanol–water partition coefficient (Wildman–Crippen LogP) is 1.21. The Morgan fingerprint density at radius 2 is 2.31 bits per heavy atom. The van der Waals surface area contributed by atoms with E-state index in [0.29, 0.717) is 13.0 Å². The Kier molecular flexibility index (Phi) is 5.37. The third-order valence-corrected chi connectivity index (χ3v) is 1.55. The normalized spacial score (nSPS) is 10.3. The Morgan fingerprint density at radius 1 is 1.69 bits per heavy atom. The third kappa shape index (κ3) is 5.74. The standard InChI is InChI=1S/C9H14N2O2/c1-8(2)11(6-3-5-10)7-4-9(12)13/h4,7-8H,3,6H2,1-2H3,(H,12,13). The monoisotopic (exact) mass is 182 g/mol. The molecular formula is C9H14N2O2. The van der Waals surface area contributed by atoms with Gasteiger partial charge in [0.1, 0.15) is 0 Å². The molecule has 0 fully saturated rings. The highest BCUT2D eigenvalue weighted by molar-refractivity contribution is 5.79. The number of aliphatic carboxylic acids is 1. The van der Waals surface area contributed by atoms with Crippen LogP contribution >= 0.6 is 0 Å². The van der Waals surface area contributed by atoms with Gasteiger partial charge in [-0.25, -0.2) is 4.79 Å². The van der Waals surface area contributed by atoms with E-state index in [4.69, 9.17) is 10.4 Å². The van der Waals surface area contributed by atoms with Gasteiger partial charge in [-0.1, -0.05) is 0 Å². The van der Waals surface area contributed by atoms with Crippen molar-refractivity contribution in [3.8, 4) is 6.07 Å². The Balaban J connectivity index is 4.11. The summed E-state index contributed by atoms with van der Waals surface area (Å²) in [5, 5.41) is 16.7. The van der Waals surface area contributed by atoms with Crippen molar-refractivity contribution in [1.82, 2.24) is 4.90 Å². The van der Waals surface area contributed by atoms with Gasteiger partial charge in [-0.05, 0) is 13.8 Å². The van der Waals surface area contributed by atoms with Crippen molar-refractivity contribution in [3.05, 3.63) is 12.3 Å². The summed E-state index contributed by atoms with van der Waals surface area (Å²) in [7, 11) is 0. The molecule has 0 heterocycles. The summed E-state index contributed by atoms with van der Waals surface area (Å²) in [4.78, 5) is 12.0. The number of carboxylic acid groups (broad SMARTS) is 1. The van der Waals surface area contributed by atoms with E-state index in [0.717, 1.165) is 6.08 Å². The van der Waals surface area contributed by atoms with Gasteiger partial charge in [-0.3, -0.25) is 0 Å². The van der Waals surface area contributed by atoms with Gasteiger partial charge in [0.05, 0.1) is 12.5 Å². The second-order valence-electron chi connectivity index (χ2n) is 2.89. The number of hydrogen-bond donors (Lipinski definition) is 1. The number of nitrogens with zero attached hydrogens (tertiary/aromatic N) is 2. The molecule has 0 saturated heterocycles. The second kappa shape index (κ2) is 6.06. The van der Waals surface area contributed by atoms with Crippen LogP contribution in [-0.4, -0.2) is 28.6 Å². The van der Waals surface area contributed by atoms with E-state index in [2.05, 4.69) is 0 Å². The quantitative estimate of drug-likeness (QED) is 0.649. The lowest BCUT2D eigenvalue weighted by Gasteiger charge is -2.23. The van der Waals surface area contributed by atoms with Crippen LogP contribution in [0.25, 0.3) is 0 Å². The summed E-state index contributed by atoms with van der Waals surface area (Å²) in [6.45, 7) is 4.46. The fourth-order valence-electron chi connectivity index (χ4n) is 0.843. The van der Waals surface area contributed by atoms with E-state index in [1.54, 1.807) is 0 Å². The van der Waals surface area contributed by atoms with Gasteiger partial charge in [-0.2, -0.15) is 5.26 Å². The van der Waals surface area contributed by atoms with Gasteiger partial charge in [0.2, 0.25) is 0 Å². The smallest absolute Gasteiger partial charge is 0.329 e. The van der Waals surface area contributed by atoms with Crippen LogP contribution < -0.4 is 0 Å². The van der Waals surface area contributed by atoms with Crippen LogP contribution in [0.1, 0.15) is 20.3 Å². The summed E-state index contributed by atoms with van der Waals surface area (Å²) in [5.41, 5.74) is 0. The molecular weight excluding hydrogens is 168 g/mol. The summed E-state index contributed by atoms with van der Waals surface area (Å²) in [6, 6.07) is 2.23. The summed E-state index contributed by atoms with van der Waals surface area (Å²) in [6.07, 6.45) is 2.99. The lowest BCUT2D eigenvalue weighted by atomic mass is 10.3. The molecule has 0 aromatic carbocycles. The second-order valence-corrected chi connectivity index (χ2v) is 2.89. The maximum absolute atomic E-state index is 10.2. The SMILES string of the molecule is CC(C)N(C=CC(=O)O)CCC#N. The molecule has 4 heteroatoms. The summed E-state index contributed by atoms with van der Waals surface area (Å²) >= 11 is 0. The van der Waals surface area contributed by atoms with Gasteiger partial charge >= 0.3 is 5.97 Å². The van der Waals surface area contributed by atoms with Crippen LogP contribution in [0.4, 0.5) is 0 Å². The molecule has 0 aromatic rings. The van der Waals surface area contributed by atoms with Crippen LogP contribution in [0.2, 0.25) is 0 Å². The largest absolute Gasteiger partial charge is 0.478 e. The molecule has 72 valence electrons. The van der Waals surface area contributed by atoms with E-state index in [1.165, 1.54) is 6.20 Å². The van der Waals surface area contributed by atoms with Gasteiger partial charge in [0.25, 0.3) is 0 Å². The fourth-order valence-corrected chi connectivity index (χ4v) is 0.843. The molecule has 0 spiro atoms. The van der Waals surface area contributed by atoms with E-state index in [9.17, 15) is 4.79 Å². The van der Waals surface area contributed by atoms with Crippen LogP contribution in [0.15, 0.2) is 12.3 Å². The summed E-state index contributed by atoms with van der Waals surface area (Å²) < 4.78 is 0. The van der Waals surface area contributed by atoms with Crippen molar-refractivity contribution < 1.29 is 9.90 Å². The molecule has 1 N–H and O–H groups in total. The minimum absolute atomic E-state index is 0.212. The van der Waals surface area contributed by atoms with Crippen LogP contribution in [0.5, 0.6) is 0 Å². The molecule has 0 atom stereocenters. The lowest BCUT2D eigenvalue weighted by Crippen LogP contribution is -2.26. The average Bonchev–Trinajstić information content (AvgIpc) is 2.03.